The number of rotatable bonds is 4. The number of fused-ring (bicyclic) bond motifs is 1. The van der Waals surface area contributed by atoms with Crippen molar-refractivity contribution < 1.29 is 14.3 Å². The second-order valence-corrected chi connectivity index (χ2v) is 6.51. The van der Waals surface area contributed by atoms with Crippen molar-refractivity contribution in [2.45, 2.75) is 0 Å². The van der Waals surface area contributed by atoms with Gasteiger partial charge in [0.2, 0.25) is 0 Å². The Kier molecular flexibility index (Phi) is 4.49. The number of methoxy groups -OCH3 is 2. The molecule has 5 nitrogen and oxygen atoms in total. The molecule has 1 heterocycles. The van der Waals surface area contributed by atoms with Crippen LogP contribution in [0.1, 0.15) is 10.4 Å². The van der Waals surface area contributed by atoms with Gasteiger partial charge in [-0.15, -0.1) is 0 Å². The maximum Gasteiger partial charge on any atom is 0.258 e. The monoisotopic (exact) mass is 392 g/mol. The molecule has 0 aliphatic rings. The third-order valence-electron chi connectivity index (χ3n) is 3.23. The van der Waals surface area contributed by atoms with Crippen molar-refractivity contribution in [3.63, 3.8) is 0 Å². The Bertz CT molecular complexity index is 879. The number of ether oxygens (including phenoxy) is 2. The van der Waals surface area contributed by atoms with Gasteiger partial charge < -0.3 is 9.47 Å². The summed E-state index contributed by atoms with van der Waals surface area (Å²) in [6.07, 6.45) is 0. The number of thiazole rings is 1. The number of aromatic nitrogens is 1. The van der Waals surface area contributed by atoms with Crippen molar-refractivity contribution in [1.29, 1.82) is 0 Å². The summed E-state index contributed by atoms with van der Waals surface area (Å²) < 4.78 is 12.2. The van der Waals surface area contributed by atoms with E-state index in [0.717, 1.165) is 9.17 Å². The molecule has 0 fully saturated rings. The van der Waals surface area contributed by atoms with E-state index in [-0.39, 0.29) is 5.91 Å². The number of halogens is 1. The number of benzene rings is 2. The van der Waals surface area contributed by atoms with Crippen LogP contribution in [0.5, 0.6) is 11.5 Å². The van der Waals surface area contributed by atoms with Gasteiger partial charge in [-0.2, -0.15) is 0 Å². The van der Waals surface area contributed by atoms with Crippen molar-refractivity contribution in [3.05, 3.63) is 46.4 Å². The van der Waals surface area contributed by atoms with E-state index in [1.807, 2.05) is 24.3 Å². The molecule has 23 heavy (non-hydrogen) atoms. The zero-order chi connectivity index (χ0) is 16.4. The molecule has 118 valence electrons. The summed E-state index contributed by atoms with van der Waals surface area (Å²) >= 11 is 4.74. The number of nitrogens with one attached hydrogen (secondary N) is 1. The number of hydrogen-bond acceptors (Lipinski definition) is 5. The molecule has 0 radical (unpaired) electrons. The summed E-state index contributed by atoms with van der Waals surface area (Å²) in [5, 5.41) is 3.33. The van der Waals surface area contributed by atoms with Crippen molar-refractivity contribution >= 4 is 48.5 Å². The Morgan fingerprint density at radius 3 is 2.70 bits per heavy atom. The first-order valence-electron chi connectivity index (χ1n) is 6.71. The molecule has 2 aromatic carbocycles. The van der Waals surface area contributed by atoms with Crippen LogP contribution < -0.4 is 14.8 Å². The highest BCUT2D eigenvalue weighted by Crippen LogP contribution is 2.36. The third-order valence-corrected chi connectivity index (χ3v) is 4.84. The lowest BCUT2D eigenvalue weighted by molar-refractivity contribution is 0.102. The number of amides is 1. The predicted octanol–water partition coefficient (Wildman–Crippen LogP) is 4.33. The fourth-order valence-corrected chi connectivity index (χ4v) is 3.48. The van der Waals surface area contributed by atoms with E-state index in [0.29, 0.717) is 27.7 Å². The fraction of sp³-hybridized carbons (Fsp3) is 0.125. The van der Waals surface area contributed by atoms with Crippen LogP contribution in [-0.2, 0) is 0 Å². The average molecular weight is 393 g/mol. The molecule has 0 aliphatic carbocycles. The molecule has 0 saturated heterocycles. The summed E-state index contributed by atoms with van der Waals surface area (Å²) in [6.45, 7) is 0. The molecule has 0 aliphatic heterocycles. The van der Waals surface area contributed by atoms with E-state index in [4.69, 9.17) is 9.47 Å². The lowest BCUT2D eigenvalue weighted by Gasteiger charge is -2.04. The van der Waals surface area contributed by atoms with Gasteiger partial charge in [-0.3, -0.25) is 10.1 Å². The second-order valence-electron chi connectivity index (χ2n) is 4.63. The topological polar surface area (TPSA) is 60.5 Å². The lowest BCUT2D eigenvalue weighted by atomic mass is 10.2. The maximum absolute atomic E-state index is 12.4. The summed E-state index contributed by atoms with van der Waals surface area (Å²) in [6, 6.07) is 10.9. The summed E-state index contributed by atoms with van der Waals surface area (Å²) in [7, 11) is 3.17. The van der Waals surface area contributed by atoms with Gasteiger partial charge in [0, 0.05) is 10.5 Å². The molecule has 1 amide bonds. The van der Waals surface area contributed by atoms with Crippen LogP contribution in [-0.4, -0.2) is 25.1 Å². The Labute approximate surface area is 145 Å². The maximum atomic E-state index is 12.4. The number of carbonyl (C=O) groups is 1. The minimum absolute atomic E-state index is 0.220. The van der Waals surface area contributed by atoms with Crippen molar-refractivity contribution in [1.82, 2.24) is 4.98 Å². The predicted molar refractivity (Wildman–Crippen MR) is 94.8 cm³/mol. The first-order valence-corrected chi connectivity index (χ1v) is 8.31. The molecule has 3 aromatic rings. The van der Waals surface area contributed by atoms with Crippen LogP contribution in [0.25, 0.3) is 10.2 Å². The Morgan fingerprint density at radius 1 is 1.22 bits per heavy atom. The van der Waals surface area contributed by atoms with Gasteiger partial charge in [0.1, 0.15) is 17.0 Å². The summed E-state index contributed by atoms with van der Waals surface area (Å²) in [5.41, 5.74) is 1.25. The van der Waals surface area contributed by atoms with Crippen molar-refractivity contribution in [3.8, 4) is 11.5 Å². The van der Waals surface area contributed by atoms with Gasteiger partial charge >= 0.3 is 0 Å². The van der Waals surface area contributed by atoms with E-state index < -0.39 is 0 Å². The SMILES string of the molecule is COc1cc(OC)c2nc(NC(=O)c3ccccc3Br)sc2c1. The van der Waals surface area contributed by atoms with Gasteiger partial charge in [-0.05, 0) is 34.1 Å². The third kappa shape index (κ3) is 3.16. The van der Waals surface area contributed by atoms with E-state index in [9.17, 15) is 4.79 Å². The van der Waals surface area contributed by atoms with Crippen LogP contribution in [0.2, 0.25) is 0 Å². The van der Waals surface area contributed by atoms with E-state index in [1.165, 1.54) is 11.3 Å². The quantitative estimate of drug-likeness (QED) is 0.717. The van der Waals surface area contributed by atoms with Crippen LogP contribution >= 0.6 is 27.3 Å². The van der Waals surface area contributed by atoms with E-state index in [1.54, 1.807) is 26.4 Å². The molecule has 3 rings (SSSR count). The van der Waals surface area contributed by atoms with Gasteiger partial charge in [-0.1, -0.05) is 23.5 Å². The van der Waals surface area contributed by atoms with E-state index >= 15 is 0 Å². The van der Waals surface area contributed by atoms with Gasteiger partial charge in [-0.25, -0.2) is 4.98 Å². The molecule has 0 atom stereocenters. The van der Waals surface area contributed by atoms with Crippen LogP contribution in [0, 0.1) is 0 Å². The molecule has 7 heteroatoms. The van der Waals surface area contributed by atoms with Gasteiger partial charge in [0.15, 0.2) is 5.13 Å². The van der Waals surface area contributed by atoms with Crippen LogP contribution in [0.15, 0.2) is 40.9 Å². The highest BCUT2D eigenvalue weighted by molar-refractivity contribution is 9.10. The lowest BCUT2D eigenvalue weighted by Crippen LogP contribution is -2.12. The molecular formula is C16H13BrN2O3S. The zero-order valence-electron chi connectivity index (χ0n) is 12.4. The average Bonchev–Trinajstić information content (AvgIpc) is 2.96. The molecule has 0 spiro atoms. The van der Waals surface area contributed by atoms with Crippen molar-refractivity contribution in [2.75, 3.05) is 19.5 Å². The largest absolute Gasteiger partial charge is 0.497 e. The highest BCUT2D eigenvalue weighted by Gasteiger charge is 2.15. The molecule has 1 N–H and O–H groups in total. The first-order chi connectivity index (χ1) is 11.1. The molecule has 0 saturated carbocycles. The number of anilines is 1. The Hall–Kier alpha value is -2.12. The van der Waals surface area contributed by atoms with Crippen LogP contribution in [0.3, 0.4) is 0 Å². The molecular weight excluding hydrogens is 380 g/mol. The van der Waals surface area contributed by atoms with E-state index in [2.05, 4.69) is 26.2 Å². The standard InChI is InChI=1S/C16H13BrN2O3S/c1-21-9-7-12(22-2)14-13(8-9)23-16(18-14)19-15(20)10-5-3-4-6-11(10)17/h3-8H,1-2H3,(H,18,19,20). The second kappa shape index (κ2) is 6.55. The van der Waals surface area contributed by atoms with Gasteiger partial charge in [0.05, 0.1) is 24.5 Å². The number of nitrogens with zero attached hydrogens (tertiary/aromatic N) is 1. The minimum atomic E-state index is -0.220. The number of carbonyl (C=O) groups excluding carboxylic acids is 1. The van der Waals surface area contributed by atoms with Crippen molar-refractivity contribution in [2.24, 2.45) is 0 Å². The van der Waals surface area contributed by atoms with Crippen LogP contribution in [0.4, 0.5) is 5.13 Å². The zero-order valence-corrected chi connectivity index (χ0v) is 14.8. The Morgan fingerprint density at radius 2 is 2.00 bits per heavy atom. The van der Waals surface area contributed by atoms with Gasteiger partial charge in [0.25, 0.3) is 5.91 Å². The minimum Gasteiger partial charge on any atom is -0.497 e. The Balaban J connectivity index is 1.95. The molecule has 0 bridgehead atoms. The fourth-order valence-electron chi connectivity index (χ4n) is 2.11. The summed E-state index contributed by atoms with van der Waals surface area (Å²) in [4.78, 5) is 16.8. The number of hydrogen-bond donors (Lipinski definition) is 1. The first kappa shape index (κ1) is 15.8. The smallest absolute Gasteiger partial charge is 0.258 e. The molecule has 0 unspecified atom stereocenters. The molecule has 1 aromatic heterocycles. The normalized spacial score (nSPS) is 10.6. The highest BCUT2D eigenvalue weighted by atomic mass is 79.9. The summed E-state index contributed by atoms with van der Waals surface area (Å²) in [5.74, 6) is 1.07.